The molecule has 0 bridgehead atoms. The van der Waals surface area contributed by atoms with E-state index in [0.29, 0.717) is 6.61 Å². The van der Waals surface area contributed by atoms with Crippen molar-refractivity contribution in [2.24, 2.45) is 0 Å². The van der Waals surface area contributed by atoms with E-state index in [4.69, 9.17) is 9.47 Å². The van der Waals surface area contributed by atoms with Crippen molar-refractivity contribution in [3.63, 3.8) is 0 Å². The number of para-hydroxylation sites is 1. The van der Waals surface area contributed by atoms with Gasteiger partial charge in [-0.25, -0.2) is 0 Å². The molecule has 2 aromatic rings. The molecule has 2 aromatic carbocycles. The predicted molar refractivity (Wildman–Crippen MR) is 105 cm³/mol. The Morgan fingerprint density at radius 2 is 2.08 bits per heavy atom. The highest BCUT2D eigenvalue weighted by atomic mass is 32.2. The number of nitrogens with zero attached hydrogens (tertiary/aromatic N) is 1. The van der Waals surface area contributed by atoms with Crippen LogP contribution in [0.5, 0.6) is 11.5 Å². The van der Waals surface area contributed by atoms with E-state index in [1.807, 2.05) is 54.4 Å². The first-order valence-electron chi connectivity index (χ1n) is 8.66. The molecular formula is C20H24N2O3S. The number of nitrogens with one attached hydrogen (secondary N) is 1. The lowest BCUT2D eigenvalue weighted by atomic mass is 10.1. The fourth-order valence-corrected chi connectivity index (χ4v) is 4.36. The standard InChI is InChI=1S/C20H24N2O3S/c1-14(23)22-17-7-4-5-8-19(17)26-20(22)16-13-15(24-3)9-10-18(16)25-12-6-11-21-2/h4-5,7-10,13,20-21H,6,11-12H2,1-3H3. The van der Waals surface area contributed by atoms with Crippen molar-refractivity contribution in [2.45, 2.75) is 23.6 Å². The first-order valence-corrected chi connectivity index (χ1v) is 9.54. The molecule has 1 aliphatic heterocycles. The van der Waals surface area contributed by atoms with E-state index in [1.54, 1.807) is 25.8 Å². The third-order valence-corrected chi connectivity index (χ3v) is 5.54. The third kappa shape index (κ3) is 3.81. The van der Waals surface area contributed by atoms with Crippen LogP contribution in [0, 0.1) is 0 Å². The first-order chi connectivity index (χ1) is 12.7. The van der Waals surface area contributed by atoms with Gasteiger partial charge in [-0.05, 0) is 50.3 Å². The SMILES string of the molecule is CNCCCOc1ccc(OC)cc1C1Sc2ccccc2N1C(C)=O. The normalized spacial score (nSPS) is 15.7. The molecule has 26 heavy (non-hydrogen) atoms. The summed E-state index contributed by atoms with van der Waals surface area (Å²) in [6.07, 6.45) is 0.913. The zero-order valence-corrected chi connectivity index (χ0v) is 16.1. The largest absolute Gasteiger partial charge is 0.497 e. The topological polar surface area (TPSA) is 50.8 Å². The molecular weight excluding hydrogens is 348 g/mol. The van der Waals surface area contributed by atoms with Gasteiger partial charge in [-0.1, -0.05) is 23.9 Å². The van der Waals surface area contributed by atoms with Crippen LogP contribution in [0.25, 0.3) is 0 Å². The average Bonchev–Trinajstić information content (AvgIpc) is 3.05. The molecule has 0 radical (unpaired) electrons. The molecule has 3 rings (SSSR count). The van der Waals surface area contributed by atoms with E-state index in [1.165, 1.54) is 0 Å². The Labute approximate surface area is 158 Å². The molecule has 138 valence electrons. The van der Waals surface area contributed by atoms with Crippen molar-refractivity contribution in [1.29, 1.82) is 0 Å². The second kappa shape index (κ2) is 8.47. The second-order valence-electron chi connectivity index (χ2n) is 6.04. The van der Waals surface area contributed by atoms with Gasteiger partial charge in [0.1, 0.15) is 16.9 Å². The summed E-state index contributed by atoms with van der Waals surface area (Å²) in [5.74, 6) is 1.55. The summed E-state index contributed by atoms with van der Waals surface area (Å²) in [7, 11) is 3.57. The van der Waals surface area contributed by atoms with Crippen molar-refractivity contribution < 1.29 is 14.3 Å². The number of amides is 1. The van der Waals surface area contributed by atoms with Crippen molar-refractivity contribution in [1.82, 2.24) is 5.32 Å². The van der Waals surface area contributed by atoms with Gasteiger partial charge in [-0.15, -0.1) is 0 Å². The zero-order chi connectivity index (χ0) is 18.5. The molecule has 5 nitrogen and oxygen atoms in total. The number of thioether (sulfide) groups is 1. The molecule has 1 N–H and O–H groups in total. The maximum absolute atomic E-state index is 12.4. The van der Waals surface area contributed by atoms with Gasteiger partial charge < -0.3 is 14.8 Å². The van der Waals surface area contributed by atoms with Gasteiger partial charge in [0, 0.05) is 17.4 Å². The minimum atomic E-state index is -0.167. The van der Waals surface area contributed by atoms with E-state index < -0.39 is 0 Å². The number of carbonyl (C=O) groups is 1. The summed E-state index contributed by atoms with van der Waals surface area (Å²) in [5, 5.41) is 2.95. The van der Waals surface area contributed by atoms with Gasteiger partial charge in [0.25, 0.3) is 0 Å². The molecule has 0 spiro atoms. The van der Waals surface area contributed by atoms with Crippen molar-refractivity contribution in [2.75, 3.05) is 32.2 Å². The number of anilines is 1. The molecule has 0 aliphatic carbocycles. The van der Waals surface area contributed by atoms with Crippen LogP contribution in [0.4, 0.5) is 5.69 Å². The second-order valence-corrected chi connectivity index (χ2v) is 7.16. The highest BCUT2D eigenvalue weighted by Gasteiger charge is 2.35. The molecule has 0 aromatic heterocycles. The summed E-state index contributed by atoms with van der Waals surface area (Å²) >= 11 is 1.66. The maximum Gasteiger partial charge on any atom is 0.225 e. The Morgan fingerprint density at radius 3 is 2.81 bits per heavy atom. The lowest BCUT2D eigenvalue weighted by Gasteiger charge is -2.25. The van der Waals surface area contributed by atoms with Crippen LogP contribution in [-0.4, -0.2) is 33.2 Å². The monoisotopic (exact) mass is 372 g/mol. The number of hydrogen-bond donors (Lipinski definition) is 1. The molecule has 6 heteroatoms. The first kappa shape index (κ1) is 18.6. The number of carbonyl (C=O) groups excluding carboxylic acids is 1. The number of methoxy groups -OCH3 is 1. The Balaban J connectivity index is 1.95. The van der Waals surface area contributed by atoms with Gasteiger partial charge in [0.15, 0.2) is 0 Å². The minimum Gasteiger partial charge on any atom is -0.497 e. The summed E-state index contributed by atoms with van der Waals surface area (Å²) in [6.45, 7) is 3.11. The number of fused-ring (bicyclic) bond motifs is 1. The highest BCUT2D eigenvalue weighted by molar-refractivity contribution is 8.00. The van der Waals surface area contributed by atoms with Crippen LogP contribution in [-0.2, 0) is 4.79 Å². The Hall–Kier alpha value is -2.18. The quantitative estimate of drug-likeness (QED) is 0.749. The van der Waals surface area contributed by atoms with Crippen molar-refractivity contribution in [3.05, 3.63) is 48.0 Å². The Bertz CT molecular complexity index is 781. The average molecular weight is 372 g/mol. The van der Waals surface area contributed by atoms with Crippen molar-refractivity contribution in [3.8, 4) is 11.5 Å². The van der Waals surface area contributed by atoms with Crippen LogP contribution in [0.1, 0.15) is 24.3 Å². The number of benzene rings is 2. The summed E-state index contributed by atoms with van der Waals surface area (Å²) in [5.41, 5.74) is 1.89. The fraction of sp³-hybridized carbons (Fsp3) is 0.350. The molecule has 1 unspecified atom stereocenters. The van der Waals surface area contributed by atoms with Crippen LogP contribution in [0.2, 0.25) is 0 Å². The maximum atomic E-state index is 12.4. The predicted octanol–water partition coefficient (Wildman–Crippen LogP) is 3.84. The molecule has 0 fully saturated rings. The Kier molecular flexibility index (Phi) is 6.06. The smallest absolute Gasteiger partial charge is 0.225 e. The molecule has 1 atom stereocenters. The van der Waals surface area contributed by atoms with E-state index in [2.05, 4.69) is 5.32 Å². The minimum absolute atomic E-state index is 0.0106. The molecule has 0 saturated heterocycles. The lowest BCUT2D eigenvalue weighted by Crippen LogP contribution is -2.28. The molecule has 1 amide bonds. The number of hydrogen-bond acceptors (Lipinski definition) is 5. The molecule has 0 saturated carbocycles. The van der Waals surface area contributed by atoms with Gasteiger partial charge in [-0.3, -0.25) is 9.69 Å². The van der Waals surface area contributed by atoms with Crippen LogP contribution >= 0.6 is 11.8 Å². The lowest BCUT2D eigenvalue weighted by molar-refractivity contribution is -0.116. The van der Waals surface area contributed by atoms with E-state index in [0.717, 1.165) is 40.6 Å². The van der Waals surface area contributed by atoms with Gasteiger partial charge in [0.2, 0.25) is 5.91 Å². The molecule has 1 aliphatic rings. The van der Waals surface area contributed by atoms with Gasteiger partial charge in [-0.2, -0.15) is 0 Å². The summed E-state index contributed by atoms with van der Waals surface area (Å²) in [4.78, 5) is 15.3. The number of rotatable bonds is 7. The zero-order valence-electron chi connectivity index (χ0n) is 15.3. The van der Waals surface area contributed by atoms with E-state index in [9.17, 15) is 4.79 Å². The summed E-state index contributed by atoms with van der Waals surface area (Å²) < 4.78 is 11.4. The van der Waals surface area contributed by atoms with E-state index >= 15 is 0 Å². The van der Waals surface area contributed by atoms with E-state index in [-0.39, 0.29) is 11.3 Å². The van der Waals surface area contributed by atoms with Crippen molar-refractivity contribution >= 4 is 23.4 Å². The number of ether oxygens (including phenoxy) is 2. The van der Waals surface area contributed by atoms with Gasteiger partial charge >= 0.3 is 0 Å². The Morgan fingerprint density at radius 1 is 1.27 bits per heavy atom. The van der Waals surface area contributed by atoms with Crippen LogP contribution in [0.15, 0.2) is 47.4 Å². The molecule has 1 heterocycles. The highest BCUT2D eigenvalue weighted by Crippen LogP contribution is 2.53. The van der Waals surface area contributed by atoms with Gasteiger partial charge in [0.05, 0.1) is 19.4 Å². The summed E-state index contributed by atoms with van der Waals surface area (Å²) in [6, 6.07) is 13.8. The van der Waals surface area contributed by atoms with Crippen LogP contribution < -0.4 is 19.7 Å². The fourth-order valence-electron chi connectivity index (χ4n) is 3.00. The van der Waals surface area contributed by atoms with Crippen LogP contribution in [0.3, 0.4) is 0 Å². The third-order valence-electron chi connectivity index (χ3n) is 4.25.